The summed E-state index contributed by atoms with van der Waals surface area (Å²) in [6.45, 7) is 4.62. The number of hydrogen-bond acceptors (Lipinski definition) is 1. The summed E-state index contributed by atoms with van der Waals surface area (Å²) in [6.07, 6.45) is 2.66. The van der Waals surface area contributed by atoms with Crippen molar-refractivity contribution in [3.63, 3.8) is 0 Å². The fourth-order valence-corrected chi connectivity index (χ4v) is 3.42. The van der Waals surface area contributed by atoms with Crippen LogP contribution in [0.4, 0.5) is 0 Å². The molecule has 80 valence electrons. The molecule has 0 unspecified atom stereocenters. The molecule has 2 N–H and O–H groups in total. The topological polar surface area (TPSA) is 26.0 Å². The Morgan fingerprint density at radius 1 is 1.13 bits per heavy atom. The molecule has 1 heteroatoms. The van der Waals surface area contributed by atoms with Gasteiger partial charge in [-0.3, -0.25) is 0 Å². The average molecular weight is 201 g/mol. The van der Waals surface area contributed by atoms with Crippen LogP contribution in [0.5, 0.6) is 0 Å². The number of nitrogens with two attached hydrogens (primary N) is 1. The molecule has 2 aliphatic carbocycles. The van der Waals surface area contributed by atoms with Gasteiger partial charge in [0, 0.05) is 11.5 Å². The molecule has 2 saturated carbocycles. The zero-order valence-corrected chi connectivity index (χ0v) is 9.53. The van der Waals surface area contributed by atoms with E-state index < -0.39 is 0 Å². The first-order valence-corrected chi connectivity index (χ1v) is 5.90. The zero-order valence-electron chi connectivity index (χ0n) is 9.53. The summed E-state index contributed by atoms with van der Waals surface area (Å²) in [7, 11) is 0. The van der Waals surface area contributed by atoms with Crippen LogP contribution in [-0.2, 0) is 5.41 Å². The molecule has 2 aliphatic rings. The van der Waals surface area contributed by atoms with Crippen LogP contribution in [0.2, 0.25) is 0 Å². The zero-order chi connectivity index (χ0) is 10.7. The molecule has 0 amide bonds. The number of benzene rings is 1. The Balaban J connectivity index is 1.94. The highest BCUT2D eigenvalue weighted by atomic mass is 14.9. The third-order valence-electron chi connectivity index (χ3n) is 4.64. The van der Waals surface area contributed by atoms with Crippen LogP contribution in [0.15, 0.2) is 30.3 Å². The SMILES string of the molecule is CC1(C)[C@H](N)[C@H]1C1(c2ccccc2)CC1. The van der Waals surface area contributed by atoms with Crippen LogP contribution in [0.1, 0.15) is 32.3 Å². The van der Waals surface area contributed by atoms with E-state index in [1.807, 2.05) is 0 Å². The van der Waals surface area contributed by atoms with Gasteiger partial charge in [-0.2, -0.15) is 0 Å². The maximum Gasteiger partial charge on any atom is 0.0136 e. The first-order valence-electron chi connectivity index (χ1n) is 5.90. The van der Waals surface area contributed by atoms with Gasteiger partial charge >= 0.3 is 0 Å². The van der Waals surface area contributed by atoms with E-state index in [-0.39, 0.29) is 0 Å². The lowest BCUT2D eigenvalue weighted by Gasteiger charge is -2.17. The highest BCUT2D eigenvalue weighted by Crippen LogP contribution is 2.69. The van der Waals surface area contributed by atoms with Gasteiger partial charge < -0.3 is 5.73 Å². The summed E-state index contributed by atoms with van der Waals surface area (Å²) in [5.74, 6) is 0.701. The van der Waals surface area contributed by atoms with E-state index >= 15 is 0 Å². The molecular weight excluding hydrogens is 182 g/mol. The quantitative estimate of drug-likeness (QED) is 0.782. The second-order valence-electron chi connectivity index (χ2n) is 5.85. The Hall–Kier alpha value is -0.820. The van der Waals surface area contributed by atoms with Gasteiger partial charge in [0.2, 0.25) is 0 Å². The van der Waals surface area contributed by atoms with Gasteiger partial charge in [0.25, 0.3) is 0 Å². The van der Waals surface area contributed by atoms with Gasteiger partial charge in [0.05, 0.1) is 0 Å². The molecule has 1 nitrogen and oxygen atoms in total. The summed E-state index contributed by atoms with van der Waals surface area (Å²) in [5, 5.41) is 0. The molecule has 0 heterocycles. The Morgan fingerprint density at radius 3 is 2.07 bits per heavy atom. The van der Waals surface area contributed by atoms with Crippen molar-refractivity contribution in [1.29, 1.82) is 0 Å². The molecule has 1 aromatic carbocycles. The van der Waals surface area contributed by atoms with E-state index in [0.717, 1.165) is 0 Å². The molecule has 0 bridgehead atoms. The van der Waals surface area contributed by atoms with Crippen molar-refractivity contribution in [3.05, 3.63) is 35.9 Å². The molecule has 2 atom stereocenters. The molecule has 0 radical (unpaired) electrons. The minimum atomic E-state index is 0.354. The van der Waals surface area contributed by atoms with Gasteiger partial charge in [-0.1, -0.05) is 44.2 Å². The number of rotatable bonds is 2. The van der Waals surface area contributed by atoms with E-state index in [1.165, 1.54) is 18.4 Å². The maximum absolute atomic E-state index is 6.21. The van der Waals surface area contributed by atoms with Gasteiger partial charge in [0.1, 0.15) is 0 Å². The predicted octanol–water partition coefficient (Wildman–Crippen LogP) is 2.70. The smallest absolute Gasteiger partial charge is 0.0136 e. The fourth-order valence-electron chi connectivity index (χ4n) is 3.42. The second kappa shape index (κ2) is 2.65. The third kappa shape index (κ3) is 1.13. The standard InChI is InChI=1S/C14H19N/c1-13(2)11(12(13)15)14(8-9-14)10-6-4-3-5-7-10/h3-7,11-12H,8-9,15H2,1-2H3/t11-,12-/m1/s1. The normalized spacial score (nSPS) is 34.9. The summed E-state index contributed by atoms with van der Waals surface area (Å²) in [4.78, 5) is 0. The molecule has 3 rings (SSSR count). The van der Waals surface area contributed by atoms with Crippen LogP contribution in [0.25, 0.3) is 0 Å². The van der Waals surface area contributed by atoms with Crippen LogP contribution >= 0.6 is 0 Å². The number of hydrogen-bond donors (Lipinski definition) is 1. The third-order valence-corrected chi connectivity index (χ3v) is 4.64. The summed E-state index contributed by atoms with van der Waals surface area (Å²) in [5.41, 5.74) is 8.51. The van der Waals surface area contributed by atoms with Gasteiger partial charge in [0.15, 0.2) is 0 Å². The monoisotopic (exact) mass is 201 g/mol. The lowest BCUT2D eigenvalue weighted by atomic mass is 9.87. The van der Waals surface area contributed by atoms with Crippen molar-refractivity contribution < 1.29 is 0 Å². The first-order chi connectivity index (χ1) is 7.09. The van der Waals surface area contributed by atoms with E-state index in [4.69, 9.17) is 5.73 Å². The second-order valence-corrected chi connectivity index (χ2v) is 5.85. The molecule has 15 heavy (non-hydrogen) atoms. The van der Waals surface area contributed by atoms with E-state index in [9.17, 15) is 0 Å². The predicted molar refractivity (Wildman–Crippen MR) is 62.6 cm³/mol. The summed E-state index contributed by atoms with van der Waals surface area (Å²) < 4.78 is 0. The first kappa shape index (κ1) is 9.41. The minimum Gasteiger partial charge on any atom is -0.327 e. The van der Waals surface area contributed by atoms with Crippen molar-refractivity contribution in [2.24, 2.45) is 17.1 Å². The molecule has 1 aromatic rings. The van der Waals surface area contributed by atoms with E-state index in [2.05, 4.69) is 44.2 Å². The maximum atomic E-state index is 6.21. The Bertz CT molecular complexity index is 376. The largest absolute Gasteiger partial charge is 0.327 e. The highest BCUT2D eigenvalue weighted by Gasteiger charge is 2.69. The molecule has 0 spiro atoms. The van der Waals surface area contributed by atoms with Crippen molar-refractivity contribution in [1.82, 2.24) is 0 Å². The Labute approximate surface area is 91.7 Å². The molecule has 0 aliphatic heterocycles. The van der Waals surface area contributed by atoms with Crippen LogP contribution < -0.4 is 5.73 Å². The van der Waals surface area contributed by atoms with Crippen molar-refractivity contribution in [2.45, 2.75) is 38.1 Å². The van der Waals surface area contributed by atoms with Crippen LogP contribution in [0, 0.1) is 11.3 Å². The lowest BCUT2D eigenvalue weighted by Crippen LogP contribution is -2.15. The lowest BCUT2D eigenvalue weighted by molar-refractivity contribution is 0.469. The van der Waals surface area contributed by atoms with Gasteiger partial charge in [-0.05, 0) is 29.7 Å². The fraction of sp³-hybridized carbons (Fsp3) is 0.571. The van der Waals surface area contributed by atoms with Crippen molar-refractivity contribution in [3.8, 4) is 0 Å². The Kier molecular flexibility index (Phi) is 1.66. The minimum absolute atomic E-state index is 0.354. The van der Waals surface area contributed by atoms with Gasteiger partial charge in [-0.25, -0.2) is 0 Å². The van der Waals surface area contributed by atoms with Gasteiger partial charge in [-0.15, -0.1) is 0 Å². The van der Waals surface area contributed by atoms with E-state index in [0.29, 0.717) is 22.8 Å². The highest BCUT2D eigenvalue weighted by molar-refractivity contribution is 5.38. The van der Waals surface area contributed by atoms with Crippen LogP contribution in [-0.4, -0.2) is 6.04 Å². The molecular formula is C14H19N. The average Bonchev–Trinajstić information content (AvgIpc) is 3.09. The van der Waals surface area contributed by atoms with E-state index in [1.54, 1.807) is 0 Å². The van der Waals surface area contributed by atoms with Crippen LogP contribution in [0.3, 0.4) is 0 Å². The Morgan fingerprint density at radius 2 is 1.67 bits per heavy atom. The molecule has 2 fully saturated rings. The summed E-state index contributed by atoms with van der Waals surface area (Å²) >= 11 is 0. The molecule has 0 aromatic heterocycles. The molecule has 0 saturated heterocycles. The van der Waals surface area contributed by atoms with Crippen molar-refractivity contribution in [2.75, 3.05) is 0 Å². The summed E-state index contributed by atoms with van der Waals surface area (Å²) in [6, 6.07) is 11.3. The van der Waals surface area contributed by atoms with Crippen molar-refractivity contribution >= 4 is 0 Å².